The van der Waals surface area contributed by atoms with E-state index in [1.54, 1.807) is 0 Å². The lowest BCUT2D eigenvalue weighted by Crippen LogP contribution is -2.19. The monoisotopic (exact) mass is 248 g/mol. The molecular formula is C17H28O. The summed E-state index contributed by atoms with van der Waals surface area (Å²) in [6, 6.07) is 8.33. The normalized spacial score (nSPS) is 15.4. The summed E-state index contributed by atoms with van der Waals surface area (Å²) in [6.07, 6.45) is 2.62. The first-order valence-corrected chi connectivity index (χ1v) is 7.00. The van der Waals surface area contributed by atoms with E-state index in [2.05, 4.69) is 46.8 Å². The lowest BCUT2D eigenvalue weighted by atomic mass is 9.82. The minimum atomic E-state index is -0.219. The first kappa shape index (κ1) is 15.2. The average Bonchev–Trinajstić information content (AvgIpc) is 2.18. The van der Waals surface area contributed by atoms with Crippen molar-refractivity contribution in [3.05, 3.63) is 35.4 Å². The predicted molar refractivity (Wildman–Crippen MR) is 78.7 cm³/mol. The molecule has 0 fully saturated rings. The molecule has 2 unspecified atom stereocenters. The van der Waals surface area contributed by atoms with Crippen molar-refractivity contribution in [2.75, 3.05) is 0 Å². The van der Waals surface area contributed by atoms with Crippen LogP contribution in [0.4, 0.5) is 0 Å². The summed E-state index contributed by atoms with van der Waals surface area (Å²) < 4.78 is 0. The molecular weight excluding hydrogens is 220 g/mol. The van der Waals surface area contributed by atoms with Crippen molar-refractivity contribution in [2.45, 2.75) is 60.0 Å². The molecule has 0 heterocycles. The van der Waals surface area contributed by atoms with E-state index < -0.39 is 0 Å². The Balaban J connectivity index is 2.47. The third kappa shape index (κ3) is 5.68. The molecule has 0 bridgehead atoms. The molecule has 1 nitrogen and oxygen atoms in total. The van der Waals surface area contributed by atoms with Crippen LogP contribution in [0.15, 0.2) is 24.3 Å². The Kier molecular flexibility index (Phi) is 5.40. The van der Waals surface area contributed by atoms with Crippen LogP contribution in [-0.2, 0) is 6.42 Å². The van der Waals surface area contributed by atoms with E-state index in [9.17, 15) is 5.11 Å². The van der Waals surface area contributed by atoms with Gasteiger partial charge in [0, 0.05) is 0 Å². The maximum Gasteiger partial charge on any atom is 0.0583 e. The summed E-state index contributed by atoms with van der Waals surface area (Å²) in [5, 5.41) is 10.2. The molecule has 0 aliphatic rings. The minimum Gasteiger partial charge on any atom is -0.393 e. The zero-order valence-corrected chi connectivity index (χ0v) is 12.5. The molecule has 0 aliphatic carbocycles. The largest absolute Gasteiger partial charge is 0.393 e. The van der Waals surface area contributed by atoms with Gasteiger partial charge in [0.2, 0.25) is 0 Å². The van der Waals surface area contributed by atoms with Crippen LogP contribution >= 0.6 is 0 Å². The molecule has 18 heavy (non-hydrogen) atoms. The van der Waals surface area contributed by atoms with Gasteiger partial charge in [-0.2, -0.15) is 0 Å². The Labute approximate surface area is 112 Å². The van der Waals surface area contributed by atoms with Crippen LogP contribution in [0.3, 0.4) is 0 Å². The van der Waals surface area contributed by atoms with Gasteiger partial charge in [0.25, 0.3) is 0 Å². The maximum absolute atomic E-state index is 10.2. The highest BCUT2D eigenvalue weighted by atomic mass is 16.3. The molecule has 0 aromatic heterocycles. The van der Waals surface area contributed by atoms with Gasteiger partial charge in [-0.3, -0.25) is 0 Å². The fraction of sp³-hybridized carbons (Fsp3) is 0.647. The van der Waals surface area contributed by atoms with Gasteiger partial charge in [-0.1, -0.05) is 52.0 Å². The van der Waals surface area contributed by atoms with Crippen molar-refractivity contribution in [2.24, 2.45) is 11.3 Å². The van der Waals surface area contributed by atoms with Crippen LogP contribution in [-0.4, -0.2) is 11.2 Å². The smallest absolute Gasteiger partial charge is 0.0583 e. The van der Waals surface area contributed by atoms with Gasteiger partial charge in [0.05, 0.1) is 6.10 Å². The third-order valence-corrected chi connectivity index (χ3v) is 3.35. The van der Waals surface area contributed by atoms with Crippen molar-refractivity contribution >= 4 is 0 Å². The average molecular weight is 248 g/mol. The van der Waals surface area contributed by atoms with Crippen molar-refractivity contribution in [3.63, 3.8) is 0 Å². The first-order valence-electron chi connectivity index (χ1n) is 7.00. The second kappa shape index (κ2) is 6.38. The van der Waals surface area contributed by atoms with E-state index in [0.717, 1.165) is 19.3 Å². The standard InChI is InChI=1S/C17H28O/c1-13(12-17(3,4)5)10-16(18)11-15-9-7-6-8-14(15)2/h6-9,13,16,18H,10-12H2,1-5H3. The number of hydrogen-bond donors (Lipinski definition) is 1. The van der Waals surface area contributed by atoms with Gasteiger partial charge in [0.15, 0.2) is 0 Å². The third-order valence-electron chi connectivity index (χ3n) is 3.35. The highest BCUT2D eigenvalue weighted by Crippen LogP contribution is 2.27. The SMILES string of the molecule is Cc1ccccc1CC(O)CC(C)CC(C)(C)C. The van der Waals surface area contributed by atoms with Gasteiger partial charge in [0.1, 0.15) is 0 Å². The van der Waals surface area contributed by atoms with Gasteiger partial charge in [-0.25, -0.2) is 0 Å². The number of aliphatic hydroxyl groups is 1. The van der Waals surface area contributed by atoms with Crippen LogP contribution in [0.1, 0.15) is 51.7 Å². The summed E-state index contributed by atoms with van der Waals surface area (Å²) >= 11 is 0. The molecule has 1 rings (SSSR count). The highest BCUT2D eigenvalue weighted by molar-refractivity contribution is 5.26. The number of aryl methyl sites for hydroxylation is 1. The molecule has 0 saturated carbocycles. The number of benzene rings is 1. The van der Waals surface area contributed by atoms with Gasteiger partial charge < -0.3 is 5.11 Å². The molecule has 0 radical (unpaired) electrons. The van der Waals surface area contributed by atoms with Crippen LogP contribution < -0.4 is 0 Å². The number of rotatable bonds is 5. The predicted octanol–water partition coefficient (Wildman–Crippen LogP) is 4.36. The minimum absolute atomic E-state index is 0.219. The Morgan fingerprint density at radius 1 is 1.17 bits per heavy atom. The fourth-order valence-electron chi connectivity index (χ4n) is 2.77. The Morgan fingerprint density at radius 3 is 2.33 bits per heavy atom. The number of hydrogen-bond acceptors (Lipinski definition) is 1. The van der Waals surface area contributed by atoms with Crippen LogP contribution in [0, 0.1) is 18.3 Å². The molecule has 2 atom stereocenters. The maximum atomic E-state index is 10.2. The second-order valence-corrected chi connectivity index (χ2v) is 6.89. The Bertz CT molecular complexity index is 362. The van der Waals surface area contributed by atoms with Crippen molar-refractivity contribution < 1.29 is 5.11 Å². The van der Waals surface area contributed by atoms with E-state index >= 15 is 0 Å². The quantitative estimate of drug-likeness (QED) is 0.821. The van der Waals surface area contributed by atoms with Gasteiger partial charge >= 0.3 is 0 Å². The molecule has 0 spiro atoms. The van der Waals surface area contributed by atoms with E-state index in [4.69, 9.17) is 0 Å². The van der Waals surface area contributed by atoms with E-state index in [-0.39, 0.29) is 6.10 Å². The zero-order valence-electron chi connectivity index (χ0n) is 12.5. The van der Waals surface area contributed by atoms with Crippen molar-refractivity contribution in [1.29, 1.82) is 0 Å². The van der Waals surface area contributed by atoms with Crippen LogP contribution in [0.2, 0.25) is 0 Å². The molecule has 0 aliphatic heterocycles. The molecule has 0 amide bonds. The summed E-state index contributed by atoms with van der Waals surface area (Å²) in [6.45, 7) is 11.1. The van der Waals surface area contributed by atoms with Crippen molar-refractivity contribution in [3.8, 4) is 0 Å². The summed E-state index contributed by atoms with van der Waals surface area (Å²) in [7, 11) is 0. The molecule has 1 N–H and O–H groups in total. The second-order valence-electron chi connectivity index (χ2n) is 6.89. The Hall–Kier alpha value is -0.820. The van der Waals surface area contributed by atoms with Gasteiger partial charge in [-0.15, -0.1) is 0 Å². The summed E-state index contributed by atoms with van der Waals surface area (Å²) in [4.78, 5) is 0. The zero-order chi connectivity index (χ0) is 13.8. The summed E-state index contributed by atoms with van der Waals surface area (Å²) in [5.74, 6) is 0.573. The van der Waals surface area contributed by atoms with Crippen molar-refractivity contribution in [1.82, 2.24) is 0 Å². The molecule has 102 valence electrons. The van der Waals surface area contributed by atoms with E-state index in [1.165, 1.54) is 11.1 Å². The summed E-state index contributed by atoms with van der Waals surface area (Å²) in [5.41, 5.74) is 2.90. The van der Waals surface area contributed by atoms with Crippen LogP contribution in [0.25, 0.3) is 0 Å². The van der Waals surface area contributed by atoms with E-state index in [1.807, 2.05) is 12.1 Å². The molecule has 1 aromatic rings. The lowest BCUT2D eigenvalue weighted by Gasteiger charge is -2.25. The first-order chi connectivity index (χ1) is 8.28. The molecule has 1 aromatic carbocycles. The topological polar surface area (TPSA) is 20.2 Å². The fourth-order valence-corrected chi connectivity index (χ4v) is 2.77. The Morgan fingerprint density at radius 2 is 1.78 bits per heavy atom. The van der Waals surface area contributed by atoms with Crippen LogP contribution in [0.5, 0.6) is 0 Å². The van der Waals surface area contributed by atoms with Gasteiger partial charge in [-0.05, 0) is 48.6 Å². The molecule has 0 saturated heterocycles. The lowest BCUT2D eigenvalue weighted by molar-refractivity contribution is 0.132. The molecule has 1 heteroatoms. The van der Waals surface area contributed by atoms with E-state index in [0.29, 0.717) is 11.3 Å². The number of aliphatic hydroxyl groups excluding tert-OH is 1. The highest BCUT2D eigenvalue weighted by Gasteiger charge is 2.18.